The predicted molar refractivity (Wildman–Crippen MR) is 148 cm³/mol. The molecule has 0 unspecified atom stereocenters. The van der Waals surface area contributed by atoms with Crippen LogP contribution in [0, 0.1) is 0 Å². The predicted octanol–water partition coefficient (Wildman–Crippen LogP) is 8.16. The third kappa shape index (κ3) is 2.33. The lowest BCUT2D eigenvalue weighted by Crippen LogP contribution is -2.36. The highest BCUT2D eigenvalue weighted by molar-refractivity contribution is 6.09. The van der Waals surface area contributed by atoms with Crippen LogP contribution >= 0.6 is 0 Å². The highest BCUT2D eigenvalue weighted by Gasteiger charge is 2.48. The van der Waals surface area contributed by atoms with Crippen LogP contribution < -0.4 is 0 Å². The topological polar surface area (TPSA) is 17.8 Å². The van der Waals surface area contributed by atoms with Crippen LogP contribution in [0.2, 0.25) is 0 Å². The number of pyridine rings is 1. The van der Waals surface area contributed by atoms with Gasteiger partial charge >= 0.3 is 0 Å². The van der Waals surface area contributed by atoms with Crippen molar-refractivity contribution in [2.45, 2.75) is 5.54 Å². The summed E-state index contributed by atoms with van der Waals surface area (Å²) < 4.78 is 2.58. The van der Waals surface area contributed by atoms with Gasteiger partial charge in [0.1, 0.15) is 5.54 Å². The molecule has 0 saturated carbocycles. The molecule has 0 atom stereocenters. The van der Waals surface area contributed by atoms with Crippen molar-refractivity contribution in [2.24, 2.45) is 0 Å². The van der Waals surface area contributed by atoms with Gasteiger partial charge in [0, 0.05) is 34.1 Å². The molecule has 8 rings (SSSR count). The molecule has 0 bridgehead atoms. The summed E-state index contributed by atoms with van der Waals surface area (Å²) in [4.78, 5) is 4.80. The molecule has 0 N–H and O–H groups in total. The van der Waals surface area contributed by atoms with Crippen molar-refractivity contribution in [3.8, 4) is 11.1 Å². The molecule has 2 aromatic heterocycles. The smallest absolute Gasteiger partial charge is 0.124 e. The molecule has 2 heterocycles. The zero-order valence-corrected chi connectivity index (χ0v) is 19.6. The normalized spacial score (nSPS) is 13.8. The van der Waals surface area contributed by atoms with E-state index >= 15 is 0 Å². The van der Waals surface area contributed by atoms with Crippen molar-refractivity contribution in [1.29, 1.82) is 0 Å². The van der Waals surface area contributed by atoms with Crippen LogP contribution in [0.3, 0.4) is 0 Å². The van der Waals surface area contributed by atoms with Gasteiger partial charge in [-0.3, -0.25) is 4.98 Å². The van der Waals surface area contributed by atoms with E-state index in [9.17, 15) is 0 Å². The summed E-state index contributed by atoms with van der Waals surface area (Å²) in [7, 11) is 0. The summed E-state index contributed by atoms with van der Waals surface area (Å²) in [5, 5.41) is 4.91. The van der Waals surface area contributed by atoms with Crippen molar-refractivity contribution < 1.29 is 0 Å². The maximum absolute atomic E-state index is 4.80. The summed E-state index contributed by atoms with van der Waals surface area (Å²) in [5.74, 6) is 0. The quantitative estimate of drug-likeness (QED) is 0.255. The summed E-state index contributed by atoms with van der Waals surface area (Å²) in [5.41, 5.74) is 8.20. The molecule has 1 aliphatic rings. The molecule has 0 fully saturated rings. The zero-order chi connectivity index (χ0) is 23.7. The Kier molecular flexibility index (Phi) is 3.90. The fourth-order valence-electron chi connectivity index (χ4n) is 6.55. The lowest BCUT2D eigenvalue weighted by Gasteiger charge is -2.37. The van der Waals surface area contributed by atoms with Crippen molar-refractivity contribution in [3.05, 3.63) is 150 Å². The molecule has 7 aromatic rings. The van der Waals surface area contributed by atoms with Crippen molar-refractivity contribution in [1.82, 2.24) is 9.55 Å². The summed E-state index contributed by atoms with van der Waals surface area (Å²) >= 11 is 0. The first-order valence-corrected chi connectivity index (χ1v) is 12.4. The lowest BCUT2D eigenvalue weighted by atomic mass is 9.78. The highest BCUT2D eigenvalue weighted by Crippen LogP contribution is 2.56. The Hall–Kier alpha value is -4.69. The number of para-hydroxylation sites is 2. The second-order valence-corrected chi connectivity index (χ2v) is 9.58. The summed E-state index contributed by atoms with van der Waals surface area (Å²) in [6.45, 7) is 0. The van der Waals surface area contributed by atoms with Crippen molar-refractivity contribution >= 4 is 32.6 Å². The van der Waals surface area contributed by atoms with Gasteiger partial charge in [0.15, 0.2) is 0 Å². The van der Waals surface area contributed by atoms with Gasteiger partial charge in [-0.05, 0) is 39.8 Å². The Morgan fingerprint density at radius 1 is 0.444 bits per heavy atom. The molecule has 0 saturated heterocycles. The van der Waals surface area contributed by atoms with Gasteiger partial charge in [-0.1, -0.05) is 109 Å². The fraction of sp³-hybridized carbons (Fsp3) is 0.0294. The monoisotopic (exact) mass is 458 g/mol. The Morgan fingerprint density at radius 3 is 1.58 bits per heavy atom. The van der Waals surface area contributed by atoms with E-state index in [1.54, 1.807) is 0 Å². The van der Waals surface area contributed by atoms with Crippen LogP contribution in [0.5, 0.6) is 0 Å². The SMILES string of the molecule is c1ccc2c(c1)-c1ccccc1C2(c1cncc2ccccc12)n1c2ccccc2c2ccccc21. The van der Waals surface area contributed by atoms with E-state index < -0.39 is 5.54 Å². The van der Waals surface area contributed by atoms with E-state index in [0.29, 0.717) is 0 Å². The Balaban J connectivity index is 1.69. The lowest BCUT2D eigenvalue weighted by molar-refractivity contribution is 0.566. The molecule has 1 aliphatic carbocycles. The number of nitrogens with zero attached hydrogens (tertiary/aromatic N) is 2. The summed E-state index contributed by atoms with van der Waals surface area (Å²) in [6, 6.07) is 44.0. The first kappa shape index (κ1) is 19.6. The van der Waals surface area contributed by atoms with Gasteiger partial charge in [0.05, 0.1) is 11.0 Å². The molecule has 2 nitrogen and oxygen atoms in total. The number of hydrogen-bond donors (Lipinski definition) is 0. The van der Waals surface area contributed by atoms with Crippen LogP contribution in [-0.2, 0) is 5.54 Å². The van der Waals surface area contributed by atoms with Crippen LogP contribution in [0.15, 0.2) is 134 Å². The molecule has 0 radical (unpaired) electrons. The molecule has 5 aromatic carbocycles. The van der Waals surface area contributed by atoms with E-state index in [1.807, 2.05) is 6.20 Å². The van der Waals surface area contributed by atoms with Gasteiger partial charge in [-0.2, -0.15) is 0 Å². The average molecular weight is 459 g/mol. The molecular formula is C34H22N2. The Morgan fingerprint density at radius 2 is 0.944 bits per heavy atom. The van der Waals surface area contributed by atoms with Gasteiger partial charge in [0.2, 0.25) is 0 Å². The van der Waals surface area contributed by atoms with Crippen molar-refractivity contribution in [2.75, 3.05) is 0 Å². The minimum absolute atomic E-state index is 0.580. The minimum atomic E-state index is -0.580. The van der Waals surface area contributed by atoms with Gasteiger partial charge < -0.3 is 4.57 Å². The van der Waals surface area contributed by atoms with Crippen LogP contribution in [0.25, 0.3) is 43.7 Å². The van der Waals surface area contributed by atoms with Gasteiger partial charge in [0.25, 0.3) is 0 Å². The molecular weight excluding hydrogens is 436 g/mol. The largest absolute Gasteiger partial charge is 0.322 e. The fourth-order valence-corrected chi connectivity index (χ4v) is 6.55. The number of rotatable bonds is 2. The summed E-state index contributed by atoms with van der Waals surface area (Å²) in [6.07, 6.45) is 4.07. The standard InChI is InChI=1S/C34H22N2/c1-2-12-24-23(11-1)21-35-22-31(24)34(29-17-7-3-13-25(29)26-14-4-8-18-30(26)34)36-32-19-9-5-15-27(32)28-16-6-10-20-33(28)36/h1-22H. The second-order valence-electron chi connectivity index (χ2n) is 9.58. The minimum Gasteiger partial charge on any atom is -0.322 e. The third-order valence-corrected chi connectivity index (χ3v) is 7.90. The number of aromatic nitrogens is 2. The van der Waals surface area contributed by atoms with Crippen LogP contribution in [0.1, 0.15) is 16.7 Å². The highest BCUT2D eigenvalue weighted by atomic mass is 15.1. The molecule has 0 spiro atoms. The second kappa shape index (κ2) is 7.16. The molecule has 0 amide bonds. The number of hydrogen-bond acceptors (Lipinski definition) is 1. The van der Waals surface area contributed by atoms with Crippen LogP contribution in [-0.4, -0.2) is 9.55 Å². The molecule has 2 heteroatoms. The number of benzene rings is 5. The van der Waals surface area contributed by atoms with Crippen molar-refractivity contribution in [3.63, 3.8) is 0 Å². The maximum Gasteiger partial charge on any atom is 0.124 e. The molecule has 0 aliphatic heterocycles. The van der Waals surface area contributed by atoms with Gasteiger partial charge in [-0.25, -0.2) is 0 Å². The van der Waals surface area contributed by atoms with E-state index in [4.69, 9.17) is 4.98 Å². The average Bonchev–Trinajstić information content (AvgIpc) is 3.44. The Bertz CT molecular complexity index is 1860. The molecule has 36 heavy (non-hydrogen) atoms. The first-order valence-electron chi connectivity index (χ1n) is 12.4. The zero-order valence-electron chi connectivity index (χ0n) is 19.6. The van der Waals surface area contributed by atoms with E-state index in [2.05, 4.69) is 132 Å². The van der Waals surface area contributed by atoms with Gasteiger partial charge in [-0.15, -0.1) is 0 Å². The molecule has 168 valence electrons. The maximum atomic E-state index is 4.80. The Labute approximate surface area is 209 Å². The van der Waals surface area contributed by atoms with E-state index in [-0.39, 0.29) is 0 Å². The van der Waals surface area contributed by atoms with E-state index in [0.717, 1.165) is 5.39 Å². The van der Waals surface area contributed by atoms with E-state index in [1.165, 1.54) is 55.0 Å². The van der Waals surface area contributed by atoms with Crippen LogP contribution in [0.4, 0.5) is 0 Å². The number of fused-ring (bicyclic) bond motifs is 7. The first-order chi connectivity index (χ1) is 17.9. The third-order valence-electron chi connectivity index (χ3n) is 7.90.